The maximum Gasteiger partial charge on any atom is 0.224 e. The second-order valence-electron chi connectivity index (χ2n) is 7.90. The average molecular weight is 392 g/mol. The van der Waals surface area contributed by atoms with Crippen molar-refractivity contribution in [3.05, 3.63) is 29.8 Å². The summed E-state index contributed by atoms with van der Waals surface area (Å²) in [6.07, 6.45) is 1.45. The largest absolute Gasteiger partial charge is 0.497 e. The lowest BCUT2D eigenvalue weighted by molar-refractivity contribution is -0.160. The van der Waals surface area contributed by atoms with Gasteiger partial charge in [-0.25, -0.2) is 0 Å². The van der Waals surface area contributed by atoms with E-state index in [1.165, 1.54) is 0 Å². The number of rotatable bonds is 5. The van der Waals surface area contributed by atoms with Crippen LogP contribution >= 0.6 is 0 Å². The molecule has 7 nitrogen and oxygen atoms in total. The van der Waals surface area contributed by atoms with Crippen molar-refractivity contribution in [2.24, 2.45) is 0 Å². The van der Waals surface area contributed by atoms with Gasteiger partial charge in [-0.1, -0.05) is 12.1 Å². The summed E-state index contributed by atoms with van der Waals surface area (Å²) in [6, 6.07) is 8.17. The van der Waals surface area contributed by atoms with Crippen molar-refractivity contribution in [1.29, 1.82) is 0 Å². The van der Waals surface area contributed by atoms with Crippen LogP contribution in [-0.2, 0) is 20.8 Å². The number of carbonyl (C=O) groups excluding carboxylic acids is 1. The minimum atomic E-state index is -0.521. The number of fused-ring (bicyclic) bond motifs is 1. The number of hydrogen-bond donors (Lipinski definition) is 1. The van der Waals surface area contributed by atoms with E-state index in [0.717, 1.165) is 30.7 Å². The van der Waals surface area contributed by atoms with Crippen LogP contribution in [0.15, 0.2) is 24.3 Å². The highest BCUT2D eigenvalue weighted by Gasteiger charge is 2.38. The zero-order valence-corrected chi connectivity index (χ0v) is 17.0. The first-order valence-corrected chi connectivity index (χ1v) is 9.94. The Bertz CT molecular complexity index is 636. The van der Waals surface area contributed by atoms with Crippen LogP contribution in [0, 0.1) is 0 Å². The third-order valence-corrected chi connectivity index (χ3v) is 5.53. The number of aliphatic hydroxyl groups is 1. The van der Waals surface area contributed by atoms with E-state index in [1.54, 1.807) is 26.1 Å². The van der Waals surface area contributed by atoms with Gasteiger partial charge >= 0.3 is 0 Å². The topological polar surface area (TPSA) is 71.5 Å². The molecule has 0 spiro atoms. The molecule has 0 aromatic heterocycles. The fraction of sp³-hybridized carbons (Fsp3) is 0.667. The lowest BCUT2D eigenvalue weighted by atomic mass is 9.94. The van der Waals surface area contributed by atoms with Gasteiger partial charge in [0.25, 0.3) is 0 Å². The third-order valence-electron chi connectivity index (χ3n) is 5.53. The summed E-state index contributed by atoms with van der Waals surface area (Å²) in [7, 11) is 5.20. The predicted octanol–water partition coefficient (Wildman–Crippen LogP) is 1.28. The average Bonchev–Trinajstić information content (AvgIpc) is 2.67. The maximum atomic E-state index is 12.1. The molecule has 0 unspecified atom stereocenters. The van der Waals surface area contributed by atoms with Gasteiger partial charge in [-0.05, 0) is 30.5 Å². The van der Waals surface area contributed by atoms with E-state index in [2.05, 4.69) is 17.0 Å². The van der Waals surface area contributed by atoms with Crippen LogP contribution in [0.25, 0.3) is 0 Å². The van der Waals surface area contributed by atoms with Crippen LogP contribution in [0.3, 0.4) is 0 Å². The molecule has 1 aromatic carbocycles. The second kappa shape index (κ2) is 9.69. The van der Waals surface area contributed by atoms with Gasteiger partial charge in [0.2, 0.25) is 5.91 Å². The Kier molecular flexibility index (Phi) is 7.29. The number of benzene rings is 1. The Morgan fingerprint density at radius 3 is 2.68 bits per heavy atom. The molecule has 28 heavy (non-hydrogen) atoms. The third kappa shape index (κ3) is 5.44. The lowest BCUT2D eigenvalue weighted by Crippen LogP contribution is -2.55. The normalized spacial score (nSPS) is 28.7. The highest BCUT2D eigenvalue weighted by Crippen LogP contribution is 2.29. The van der Waals surface area contributed by atoms with E-state index >= 15 is 0 Å². The Morgan fingerprint density at radius 1 is 1.25 bits per heavy atom. The molecule has 7 heteroatoms. The van der Waals surface area contributed by atoms with Crippen molar-refractivity contribution in [3.8, 4) is 5.75 Å². The molecule has 2 fully saturated rings. The van der Waals surface area contributed by atoms with E-state index in [1.807, 2.05) is 12.1 Å². The molecule has 0 bridgehead atoms. The van der Waals surface area contributed by atoms with E-state index in [0.29, 0.717) is 26.2 Å². The van der Waals surface area contributed by atoms with Crippen molar-refractivity contribution in [3.63, 3.8) is 0 Å². The zero-order chi connectivity index (χ0) is 20.1. The van der Waals surface area contributed by atoms with Gasteiger partial charge in [0.15, 0.2) is 0 Å². The Labute approximate surface area is 167 Å². The van der Waals surface area contributed by atoms with Gasteiger partial charge in [-0.15, -0.1) is 0 Å². The molecule has 1 N–H and O–H groups in total. The molecule has 1 aromatic rings. The van der Waals surface area contributed by atoms with E-state index < -0.39 is 6.10 Å². The first-order chi connectivity index (χ1) is 13.5. The first-order valence-electron chi connectivity index (χ1n) is 9.94. The smallest absolute Gasteiger partial charge is 0.224 e. The number of β-amino-alcohol motifs (C(OH)–C–C–N with tert-alkyl or cyclic N) is 1. The summed E-state index contributed by atoms with van der Waals surface area (Å²) in [5.41, 5.74) is 1.16. The van der Waals surface area contributed by atoms with Crippen LogP contribution in [0.5, 0.6) is 5.75 Å². The van der Waals surface area contributed by atoms with Crippen molar-refractivity contribution in [2.45, 2.75) is 50.2 Å². The summed E-state index contributed by atoms with van der Waals surface area (Å²) < 4.78 is 17.2. The van der Waals surface area contributed by atoms with Crippen molar-refractivity contribution < 1.29 is 24.1 Å². The maximum absolute atomic E-state index is 12.1. The van der Waals surface area contributed by atoms with E-state index in [4.69, 9.17) is 14.2 Å². The summed E-state index contributed by atoms with van der Waals surface area (Å²) in [4.78, 5) is 16.0. The van der Waals surface area contributed by atoms with Crippen LogP contribution < -0.4 is 4.74 Å². The van der Waals surface area contributed by atoms with Crippen molar-refractivity contribution >= 4 is 5.91 Å². The summed E-state index contributed by atoms with van der Waals surface area (Å²) in [5, 5.41) is 10.3. The number of carbonyl (C=O) groups is 1. The monoisotopic (exact) mass is 392 g/mol. The number of amides is 1. The number of nitrogens with zero attached hydrogens (tertiary/aromatic N) is 2. The molecular weight excluding hydrogens is 360 g/mol. The number of hydrogen-bond acceptors (Lipinski definition) is 6. The highest BCUT2D eigenvalue weighted by atomic mass is 16.5. The standard InChI is InChI=1S/C21H32N2O5/c1-22(2)21(25)10-18-8-9-19-20(28-18)14-27-13-16(24)12-23(19)11-15-4-6-17(26-3)7-5-15/h4-7,16,18-20,24H,8-14H2,1-3H3/t16-,18-,19+,20-/m1/s1. The molecule has 0 saturated carbocycles. The minimum Gasteiger partial charge on any atom is -0.497 e. The molecule has 2 saturated heterocycles. The van der Waals surface area contributed by atoms with Gasteiger partial charge in [-0.3, -0.25) is 9.69 Å². The van der Waals surface area contributed by atoms with Gasteiger partial charge in [-0.2, -0.15) is 0 Å². The molecule has 4 atom stereocenters. The van der Waals surface area contributed by atoms with Gasteiger partial charge < -0.3 is 24.2 Å². The molecule has 2 aliphatic heterocycles. The molecule has 3 rings (SSSR count). The summed E-state index contributed by atoms with van der Waals surface area (Å²) in [6.45, 7) is 2.01. The zero-order valence-electron chi connectivity index (χ0n) is 17.0. The highest BCUT2D eigenvalue weighted by molar-refractivity contribution is 5.76. The van der Waals surface area contributed by atoms with Crippen LogP contribution in [-0.4, -0.2) is 86.1 Å². The Hall–Kier alpha value is -1.67. The van der Waals surface area contributed by atoms with Crippen LogP contribution in [0.1, 0.15) is 24.8 Å². The lowest BCUT2D eigenvalue weighted by Gasteiger charge is -2.44. The molecule has 1 amide bonds. The number of ether oxygens (including phenoxy) is 3. The van der Waals surface area contributed by atoms with E-state index in [-0.39, 0.29) is 24.2 Å². The fourth-order valence-electron chi connectivity index (χ4n) is 3.97. The molecule has 156 valence electrons. The quantitative estimate of drug-likeness (QED) is 0.814. The number of aliphatic hydroxyl groups excluding tert-OH is 1. The molecule has 0 aliphatic carbocycles. The van der Waals surface area contributed by atoms with Gasteiger partial charge in [0, 0.05) is 33.2 Å². The minimum absolute atomic E-state index is 0.0769. The SMILES string of the molecule is COc1ccc(CN2C[C@@H](O)COC[C@H]3O[C@@H](CC(=O)N(C)C)CC[C@@H]32)cc1. The van der Waals surface area contributed by atoms with Crippen LogP contribution in [0.4, 0.5) is 0 Å². The summed E-state index contributed by atoms with van der Waals surface area (Å²) in [5.74, 6) is 0.915. The second-order valence-corrected chi connectivity index (χ2v) is 7.90. The van der Waals surface area contributed by atoms with E-state index in [9.17, 15) is 9.90 Å². The number of methoxy groups -OCH3 is 1. The first kappa shape index (κ1) is 21.0. The van der Waals surface area contributed by atoms with Gasteiger partial charge in [0.1, 0.15) is 5.75 Å². The summed E-state index contributed by atoms with van der Waals surface area (Å²) >= 11 is 0. The molecule has 2 heterocycles. The molecular formula is C21H32N2O5. The predicted molar refractivity (Wildman–Crippen MR) is 105 cm³/mol. The van der Waals surface area contributed by atoms with Gasteiger partial charge in [0.05, 0.1) is 45.1 Å². The Morgan fingerprint density at radius 2 is 2.00 bits per heavy atom. The fourth-order valence-corrected chi connectivity index (χ4v) is 3.97. The van der Waals surface area contributed by atoms with Crippen LogP contribution in [0.2, 0.25) is 0 Å². The molecule has 2 aliphatic rings. The molecule has 0 radical (unpaired) electrons. The van der Waals surface area contributed by atoms with Crippen molar-refractivity contribution in [2.75, 3.05) is 41.0 Å². The Balaban J connectivity index is 1.69. The van der Waals surface area contributed by atoms with Crippen molar-refractivity contribution in [1.82, 2.24) is 9.80 Å².